The summed E-state index contributed by atoms with van der Waals surface area (Å²) in [6.07, 6.45) is 0.890. The lowest BCUT2D eigenvalue weighted by atomic mass is 10.2. The van der Waals surface area contributed by atoms with Crippen molar-refractivity contribution < 1.29 is 4.74 Å². The third-order valence-electron chi connectivity index (χ3n) is 5.19. The fourth-order valence-corrected chi connectivity index (χ4v) is 3.65. The Balaban J connectivity index is 1.90. The second-order valence-electron chi connectivity index (χ2n) is 7.89. The summed E-state index contributed by atoms with van der Waals surface area (Å²) in [6, 6.07) is 12.2. The lowest BCUT2D eigenvalue weighted by molar-refractivity contribution is 0.414. The SMILES string of the molecule is CCCN=C(N)NCCNc1nc(=O)n(Cc2ccc(Cl)c(Cl)c2)c(=O)n1Cc1ccc(OC)cc1. The number of anilines is 1. The lowest BCUT2D eigenvalue weighted by Crippen LogP contribution is -2.44. The number of nitrogens with two attached hydrogens (primary N) is 1. The highest BCUT2D eigenvalue weighted by atomic mass is 35.5. The first kappa shape index (κ1) is 27.1. The molecular formula is C24H29Cl2N7O3. The molecule has 36 heavy (non-hydrogen) atoms. The third-order valence-corrected chi connectivity index (χ3v) is 5.93. The van der Waals surface area contributed by atoms with E-state index >= 15 is 0 Å². The van der Waals surface area contributed by atoms with Gasteiger partial charge in [0.25, 0.3) is 0 Å². The van der Waals surface area contributed by atoms with Crippen LogP contribution in [0, 0.1) is 0 Å². The van der Waals surface area contributed by atoms with Crippen molar-refractivity contribution in [3.05, 3.63) is 84.6 Å². The molecule has 0 radical (unpaired) electrons. The smallest absolute Gasteiger partial charge is 0.355 e. The maximum atomic E-state index is 13.5. The number of ether oxygens (including phenoxy) is 1. The molecule has 0 aliphatic rings. The number of rotatable bonds is 11. The van der Waals surface area contributed by atoms with Crippen molar-refractivity contribution in [3.63, 3.8) is 0 Å². The monoisotopic (exact) mass is 533 g/mol. The van der Waals surface area contributed by atoms with E-state index in [0.717, 1.165) is 16.6 Å². The Morgan fingerprint density at radius 2 is 1.72 bits per heavy atom. The van der Waals surface area contributed by atoms with E-state index in [9.17, 15) is 9.59 Å². The number of benzene rings is 2. The molecule has 0 spiro atoms. The molecule has 4 N–H and O–H groups in total. The molecule has 0 saturated heterocycles. The van der Waals surface area contributed by atoms with Crippen molar-refractivity contribution in [2.45, 2.75) is 26.4 Å². The largest absolute Gasteiger partial charge is 0.497 e. The van der Waals surface area contributed by atoms with E-state index < -0.39 is 11.4 Å². The maximum Gasteiger partial charge on any atom is 0.355 e. The average molecular weight is 534 g/mol. The summed E-state index contributed by atoms with van der Waals surface area (Å²) in [6.45, 7) is 3.60. The van der Waals surface area contributed by atoms with Crippen LogP contribution in [0.3, 0.4) is 0 Å². The first-order valence-corrected chi connectivity index (χ1v) is 12.1. The van der Waals surface area contributed by atoms with Crippen LogP contribution in [0.1, 0.15) is 24.5 Å². The summed E-state index contributed by atoms with van der Waals surface area (Å²) in [5, 5.41) is 6.76. The van der Waals surface area contributed by atoms with Crippen molar-refractivity contribution in [1.29, 1.82) is 0 Å². The quantitative estimate of drug-likeness (QED) is 0.196. The van der Waals surface area contributed by atoms with Crippen molar-refractivity contribution >= 4 is 35.1 Å². The molecule has 0 aliphatic heterocycles. The molecule has 3 rings (SSSR count). The summed E-state index contributed by atoms with van der Waals surface area (Å²) in [5.74, 6) is 1.18. The van der Waals surface area contributed by atoms with Crippen LogP contribution in [0.5, 0.6) is 5.75 Å². The molecule has 0 saturated carbocycles. The van der Waals surface area contributed by atoms with Crippen LogP contribution >= 0.6 is 23.2 Å². The highest BCUT2D eigenvalue weighted by Crippen LogP contribution is 2.22. The molecule has 10 nitrogen and oxygen atoms in total. The lowest BCUT2D eigenvalue weighted by Gasteiger charge is -2.16. The molecule has 0 fully saturated rings. The zero-order chi connectivity index (χ0) is 26.1. The molecule has 0 unspecified atom stereocenters. The molecule has 0 aliphatic carbocycles. The second kappa shape index (κ2) is 13.0. The van der Waals surface area contributed by atoms with Crippen molar-refractivity contribution in [1.82, 2.24) is 19.4 Å². The van der Waals surface area contributed by atoms with Crippen molar-refractivity contribution in [2.24, 2.45) is 10.7 Å². The van der Waals surface area contributed by atoms with E-state index in [0.29, 0.717) is 47.0 Å². The molecule has 2 aromatic carbocycles. The van der Waals surface area contributed by atoms with Crippen LogP contribution in [0.4, 0.5) is 5.95 Å². The van der Waals surface area contributed by atoms with Gasteiger partial charge >= 0.3 is 11.4 Å². The molecule has 12 heteroatoms. The Morgan fingerprint density at radius 3 is 2.39 bits per heavy atom. The molecular weight excluding hydrogens is 505 g/mol. The van der Waals surface area contributed by atoms with E-state index in [-0.39, 0.29) is 19.0 Å². The molecule has 0 bridgehead atoms. The van der Waals surface area contributed by atoms with E-state index in [1.807, 2.05) is 19.1 Å². The Labute approximate surface area is 218 Å². The van der Waals surface area contributed by atoms with E-state index in [1.165, 1.54) is 4.57 Å². The summed E-state index contributed by atoms with van der Waals surface area (Å²) in [4.78, 5) is 34.6. The molecule has 1 aromatic heterocycles. The van der Waals surface area contributed by atoms with Gasteiger partial charge in [-0.3, -0.25) is 9.56 Å². The number of hydrogen-bond acceptors (Lipinski definition) is 6. The Hall–Kier alpha value is -3.50. The van der Waals surface area contributed by atoms with Crippen LogP contribution in [0.15, 0.2) is 57.0 Å². The van der Waals surface area contributed by atoms with Crippen molar-refractivity contribution in [3.8, 4) is 5.75 Å². The Bertz CT molecular complexity index is 1320. The second-order valence-corrected chi connectivity index (χ2v) is 8.70. The van der Waals surface area contributed by atoms with Gasteiger partial charge in [0.15, 0.2) is 5.96 Å². The normalized spacial score (nSPS) is 11.4. The maximum absolute atomic E-state index is 13.5. The van der Waals surface area contributed by atoms with Gasteiger partial charge in [0, 0.05) is 19.6 Å². The third kappa shape index (κ3) is 7.25. The number of nitrogens with zero attached hydrogens (tertiary/aromatic N) is 4. The van der Waals surface area contributed by atoms with Gasteiger partial charge in [0.05, 0.1) is 30.2 Å². The van der Waals surface area contributed by atoms with Crippen molar-refractivity contribution in [2.75, 3.05) is 32.1 Å². The van der Waals surface area contributed by atoms with Gasteiger partial charge in [-0.2, -0.15) is 4.98 Å². The van der Waals surface area contributed by atoms with Crippen LogP contribution < -0.4 is 32.5 Å². The fraction of sp³-hybridized carbons (Fsp3) is 0.333. The number of nitrogens with one attached hydrogen (secondary N) is 2. The van der Waals surface area contributed by atoms with Gasteiger partial charge in [-0.1, -0.05) is 48.3 Å². The van der Waals surface area contributed by atoms with Gasteiger partial charge < -0.3 is 21.1 Å². The van der Waals surface area contributed by atoms with Crippen LogP contribution in [0.2, 0.25) is 10.0 Å². The van der Waals surface area contributed by atoms with Gasteiger partial charge in [0.2, 0.25) is 5.95 Å². The molecule has 1 heterocycles. The summed E-state index contributed by atoms with van der Waals surface area (Å²) in [7, 11) is 1.58. The first-order chi connectivity index (χ1) is 17.3. The minimum Gasteiger partial charge on any atom is -0.497 e. The van der Waals surface area contributed by atoms with E-state index in [4.69, 9.17) is 33.7 Å². The number of methoxy groups -OCH3 is 1. The van der Waals surface area contributed by atoms with Gasteiger partial charge in [0.1, 0.15) is 5.75 Å². The number of hydrogen-bond donors (Lipinski definition) is 3. The molecule has 192 valence electrons. The number of aromatic nitrogens is 3. The number of halogens is 2. The summed E-state index contributed by atoms with van der Waals surface area (Å²) < 4.78 is 7.68. The predicted molar refractivity (Wildman–Crippen MR) is 144 cm³/mol. The first-order valence-electron chi connectivity index (χ1n) is 11.4. The minimum atomic E-state index is -0.684. The van der Waals surface area contributed by atoms with E-state index in [2.05, 4.69) is 20.6 Å². The van der Waals surface area contributed by atoms with Gasteiger partial charge in [-0.15, -0.1) is 0 Å². The fourth-order valence-electron chi connectivity index (χ4n) is 3.33. The predicted octanol–water partition coefficient (Wildman–Crippen LogP) is 2.54. The molecule has 3 aromatic rings. The zero-order valence-corrected chi connectivity index (χ0v) is 21.6. The van der Waals surface area contributed by atoms with Crippen LogP contribution in [-0.2, 0) is 13.1 Å². The molecule has 0 atom stereocenters. The van der Waals surface area contributed by atoms with Gasteiger partial charge in [-0.25, -0.2) is 14.2 Å². The van der Waals surface area contributed by atoms with Crippen LogP contribution in [-0.4, -0.2) is 46.8 Å². The topological polar surface area (TPSA) is 129 Å². The van der Waals surface area contributed by atoms with Crippen LogP contribution in [0.25, 0.3) is 0 Å². The summed E-state index contributed by atoms with van der Waals surface area (Å²) in [5.41, 5.74) is 6.09. The zero-order valence-electron chi connectivity index (χ0n) is 20.1. The Morgan fingerprint density at radius 1 is 1.03 bits per heavy atom. The van der Waals surface area contributed by atoms with E-state index in [1.54, 1.807) is 37.4 Å². The van der Waals surface area contributed by atoms with Gasteiger partial charge in [-0.05, 0) is 41.8 Å². The standard InChI is InChI=1S/C24H29Cl2N7O3/c1-3-10-28-21(27)29-11-12-30-22-31-23(34)33(15-17-6-9-19(25)20(26)13-17)24(35)32(22)14-16-4-7-18(36-2)8-5-16/h4-9,13H,3,10-12,14-15H2,1-2H3,(H3,27,28,29)(H,30,31,34). The highest BCUT2D eigenvalue weighted by molar-refractivity contribution is 6.42. The number of aliphatic imine (C=N–C) groups is 1. The minimum absolute atomic E-state index is 0.00354. The summed E-state index contributed by atoms with van der Waals surface area (Å²) >= 11 is 12.1. The Kier molecular flexibility index (Phi) is 9.77. The highest BCUT2D eigenvalue weighted by Gasteiger charge is 2.15. The number of guanidine groups is 1. The average Bonchev–Trinajstić information content (AvgIpc) is 2.87. The molecule has 0 amide bonds.